The molecule has 0 atom stereocenters. The lowest BCUT2D eigenvalue weighted by Crippen LogP contribution is -2.43. The van der Waals surface area contributed by atoms with E-state index < -0.39 is 0 Å². The van der Waals surface area contributed by atoms with Gasteiger partial charge in [0.15, 0.2) is 0 Å². The van der Waals surface area contributed by atoms with Crippen LogP contribution in [-0.2, 0) is 16.1 Å². The van der Waals surface area contributed by atoms with Gasteiger partial charge in [0.25, 0.3) is 0 Å². The summed E-state index contributed by atoms with van der Waals surface area (Å²) < 4.78 is 0. The minimum absolute atomic E-state index is 0.00879. The number of anilines is 1. The second-order valence-corrected chi connectivity index (χ2v) is 7.84. The number of likely N-dealkylation sites (tertiary alicyclic amines) is 1. The zero-order valence-electron chi connectivity index (χ0n) is 16.5. The molecule has 1 saturated heterocycles. The van der Waals surface area contributed by atoms with Gasteiger partial charge in [-0.15, -0.1) is 0 Å². The minimum atomic E-state index is -0.153. The van der Waals surface area contributed by atoms with Gasteiger partial charge in [0.1, 0.15) is 5.75 Å². The minimum Gasteiger partial charge on any atom is -0.506 e. The molecule has 0 radical (unpaired) electrons. The highest BCUT2D eigenvalue weighted by Crippen LogP contribution is 2.28. The molecule has 1 aliphatic rings. The monoisotopic (exact) mass is 415 g/mol. The number of hydrogen-bond acceptors (Lipinski definition) is 4. The maximum atomic E-state index is 12.5. The first-order chi connectivity index (χ1) is 13.9. The van der Waals surface area contributed by atoms with Crippen LogP contribution in [0.1, 0.15) is 24.0 Å². The van der Waals surface area contributed by atoms with Gasteiger partial charge in [-0.1, -0.05) is 35.9 Å². The Hall–Kier alpha value is -2.57. The van der Waals surface area contributed by atoms with Gasteiger partial charge in [-0.25, -0.2) is 0 Å². The van der Waals surface area contributed by atoms with E-state index in [9.17, 15) is 14.7 Å². The van der Waals surface area contributed by atoms with E-state index in [1.54, 1.807) is 6.07 Å². The molecule has 3 N–H and O–H groups in total. The molecule has 1 fully saturated rings. The van der Waals surface area contributed by atoms with Crippen molar-refractivity contribution in [1.29, 1.82) is 0 Å². The first kappa shape index (κ1) is 21.1. The number of carbonyl (C=O) groups is 2. The van der Waals surface area contributed by atoms with Gasteiger partial charge >= 0.3 is 0 Å². The van der Waals surface area contributed by atoms with Crippen molar-refractivity contribution in [3.8, 4) is 5.75 Å². The number of amides is 2. The van der Waals surface area contributed by atoms with Crippen LogP contribution >= 0.6 is 11.6 Å². The molecule has 2 aromatic rings. The maximum absolute atomic E-state index is 12.5. The first-order valence-corrected chi connectivity index (χ1v) is 10.1. The zero-order chi connectivity index (χ0) is 20.8. The second kappa shape index (κ2) is 9.76. The third-order valence-corrected chi connectivity index (χ3v) is 5.51. The Bertz CT molecular complexity index is 879. The van der Waals surface area contributed by atoms with E-state index in [1.807, 2.05) is 31.2 Å². The number of rotatable bonds is 6. The van der Waals surface area contributed by atoms with Crippen LogP contribution in [0.2, 0.25) is 5.02 Å². The number of nitrogens with zero attached hydrogens (tertiary/aromatic N) is 1. The van der Waals surface area contributed by atoms with E-state index in [1.165, 1.54) is 12.1 Å². The lowest BCUT2D eigenvalue weighted by molar-refractivity contribution is -0.123. The molecule has 0 bridgehead atoms. The Morgan fingerprint density at radius 1 is 1.17 bits per heavy atom. The number of phenolic OH excluding ortho intramolecular Hbond substituents is 1. The standard InChI is InChI=1S/C22H26ClN3O3/c1-15-4-2-3-5-17(15)13-24-21(28)14-26-10-8-16(9-11-26)22(29)25-19-12-18(23)6-7-20(19)27/h2-7,12,16,27H,8-11,13-14H2,1H3,(H,24,28)(H,25,29). The number of phenols is 1. The third kappa shape index (κ3) is 5.95. The predicted molar refractivity (Wildman–Crippen MR) is 114 cm³/mol. The van der Waals surface area contributed by atoms with Crippen molar-refractivity contribution in [3.05, 3.63) is 58.6 Å². The molecule has 0 unspecified atom stereocenters. The summed E-state index contributed by atoms with van der Waals surface area (Å²) in [5, 5.41) is 16.0. The largest absolute Gasteiger partial charge is 0.506 e. The fraction of sp³-hybridized carbons (Fsp3) is 0.364. The van der Waals surface area contributed by atoms with E-state index in [2.05, 4.69) is 15.5 Å². The molecule has 2 aromatic carbocycles. The summed E-state index contributed by atoms with van der Waals surface area (Å²) in [6.45, 7) is 4.23. The van der Waals surface area contributed by atoms with Crippen molar-refractivity contribution in [1.82, 2.24) is 10.2 Å². The molecule has 0 aromatic heterocycles. The van der Waals surface area contributed by atoms with Crippen LogP contribution in [0.3, 0.4) is 0 Å². The summed E-state index contributed by atoms with van der Waals surface area (Å²) in [6, 6.07) is 12.5. The average Bonchev–Trinajstić information content (AvgIpc) is 2.70. The van der Waals surface area contributed by atoms with Crippen LogP contribution in [-0.4, -0.2) is 41.5 Å². The highest BCUT2D eigenvalue weighted by Gasteiger charge is 2.26. The molecule has 29 heavy (non-hydrogen) atoms. The van der Waals surface area contributed by atoms with Gasteiger partial charge in [-0.2, -0.15) is 0 Å². The van der Waals surface area contributed by atoms with Crippen LogP contribution in [0, 0.1) is 12.8 Å². The van der Waals surface area contributed by atoms with E-state index in [0.717, 1.165) is 11.1 Å². The molecule has 1 aliphatic heterocycles. The van der Waals surface area contributed by atoms with E-state index in [-0.39, 0.29) is 23.5 Å². The molecule has 154 valence electrons. The Balaban J connectivity index is 1.43. The van der Waals surface area contributed by atoms with Gasteiger partial charge in [0.2, 0.25) is 11.8 Å². The van der Waals surface area contributed by atoms with Crippen molar-refractivity contribution >= 4 is 29.1 Å². The Morgan fingerprint density at radius 2 is 1.90 bits per heavy atom. The molecular formula is C22H26ClN3O3. The molecule has 1 heterocycles. The molecule has 6 nitrogen and oxygen atoms in total. The first-order valence-electron chi connectivity index (χ1n) is 9.75. The van der Waals surface area contributed by atoms with Crippen LogP contribution in [0.5, 0.6) is 5.75 Å². The van der Waals surface area contributed by atoms with Gasteiger partial charge < -0.3 is 15.7 Å². The Morgan fingerprint density at radius 3 is 2.62 bits per heavy atom. The molecule has 0 saturated carbocycles. The lowest BCUT2D eigenvalue weighted by Gasteiger charge is -2.30. The van der Waals surface area contributed by atoms with Crippen molar-refractivity contribution in [2.45, 2.75) is 26.3 Å². The highest BCUT2D eigenvalue weighted by molar-refractivity contribution is 6.31. The number of nitrogens with one attached hydrogen (secondary N) is 2. The fourth-order valence-corrected chi connectivity index (χ4v) is 3.63. The smallest absolute Gasteiger partial charge is 0.234 e. The number of aromatic hydroxyl groups is 1. The van der Waals surface area contributed by atoms with Crippen molar-refractivity contribution < 1.29 is 14.7 Å². The summed E-state index contributed by atoms with van der Waals surface area (Å²) in [5.74, 6) is -0.309. The lowest BCUT2D eigenvalue weighted by atomic mass is 9.95. The van der Waals surface area contributed by atoms with Crippen LogP contribution in [0.15, 0.2) is 42.5 Å². The summed E-state index contributed by atoms with van der Waals surface area (Å²) in [5.41, 5.74) is 2.59. The number of benzene rings is 2. The second-order valence-electron chi connectivity index (χ2n) is 7.40. The highest BCUT2D eigenvalue weighted by atomic mass is 35.5. The normalized spacial score (nSPS) is 15.1. The third-order valence-electron chi connectivity index (χ3n) is 5.28. The topological polar surface area (TPSA) is 81.7 Å². The SMILES string of the molecule is Cc1ccccc1CNC(=O)CN1CCC(C(=O)Nc2cc(Cl)ccc2O)CC1. The molecule has 7 heteroatoms. The quantitative estimate of drug-likeness (QED) is 0.632. The van der Waals surface area contributed by atoms with Gasteiger partial charge in [-0.05, 0) is 62.2 Å². The van der Waals surface area contributed by atoms with Gasteiger partial charge in [0.05, 0.1) is 12.2 Å². The molecular weight excluding hydrogens is 390 g/mol. The molecule has 0 aliphatic carbocycles. The van der Waals surface area contributed by atoms with Crippen molar-refractivity contribution in [2.75, 3.05) is 25.0 Å². The molecule has 0 spiro atoms. The van der Waals surface area contributed by atoms with E-state index in [0.29, 0.717) is 49.7 Å². The number of aryl methyl sites for hydroxylation is 1. The van der Waals surface area contributed by atoms with E-state index >= 15 is 0 Å². The van der Waals surface area contributed by atoms with E-state index in [4.69, 9.17) is 11.6 Å². The number of halogens is 1. The van der Waals surface area contributed by atoms with Gasteiger partial charge in [-0.3, -0.25) is 14.5 Å². The zero-order valence-corrected chi connectivity index (χ0v) is 17.2. The van der Waals surface area contributed by atoms with Crippen LogP contribution < -0.4 is 10.6 Å². The Kier molecular flexibility index (Phi) is 7.12. The molecule has 2 amide bonds. The fourth-order valence-electron chi connectivity index (χ4n) is 3.46. The predicted octanol–water partition coefficient (Wildman–Crippen LogP) is 3.32. The molecule has 3 rings (SSSR count). The number of hydrogen-bond donors (Lipinski definition) is 3. The average molecular weight is 416 g/mol. The van der Waals surface area contributed by atoms with Crippen LogP contribution in [0.25, 0.3) is 0 Å². The van der Waals surface area contributed by atoms with Gasteiger partial charge in [0, 0.05) is 17.5 Å². The van der Waals surface area contributed by atoms with Crippen molar-refractivity contribution in [2.24, 2.45) is 5.92 Å². The summed E-state index contributed by atoms with van der Waals surface area (Å²) >= 11 is 5.92. The maximum Gasteiger partial charge on any atom is 0.234 e. The van der Waals surface area contributed by atoms with Crippen LogP contribution in [0.4, 0.5) is 5.69 Å². The number of carbonyl (C=O) groups excluding carboxylic acids is 2. The number of piperidine rings is 1. The summed E-state index contributed by atoms with van der Waals surface area (Å²) in [6.07, 6.45) is 1.33. The Labute approximate surface area is 175 Å². The summed E-state index contributed by atoms with van der Waals surface area (Å²) in [4.78, 5) is 26.8. The summed E-state index contributed by atoms with van der Waals surface area (Å²) in [7, 11) is 0. The van der Waals surface area contributed by atoms with Crippen molar-refractivity contribution in [3.63, 3.8) is 0 Å².